The number of ether oxygens (including phenoxy) is 1. The quantitative estimate of drug-likeness (QED) is 0.900. The summed E-state index contributed by atoms with van der Waals surface area (Å²) in [7, 11) is 0. The fourth-order valence-corrected chi connectivity index (χ4v) is 2.71. The third-order valence-electron chi connectivity index (χ3n) is 3.80. The van der Waals surface area contributed by atoms with Crippen molar-refractivity contribution in [2.75, 3.05) is 6.54 Å². The highest BCUT2D eigenvalue weighted by atomic mass is 16.6. The summed E-state index contributed by atoms with van der Waals surface area (Å²) in [4.78, 5) is 24.0. The van der Waals surface area contributed by atoms with Crippen LogP contribution < -0.4 is 10.6 Å². The van der Waals surface area contributed by atoms with Crippen LogP contribution in [0.2, 0.25) is 0 Å². The van der Waals surface area contributed by atoms with Gasteiger partial charge in [-0.1, -0.05) is 30.3 Å². The van der Waals surface area contributed by atoms with Crippen molar-refractivity contribution < 1.29 is 14.3 Å². The zero-order valence-electron chi connectivity index (χ0n) is 14.1. The van der Waals surface area contributed by atoms with E-state index >= 15 is 0 Å². The van der Waals surface area contributed by atoms with Crippen LogP contribution in [0.5, 0.6) is 0 Å². The highest BCUT2D eigenvalue weighted by Crippen LogP contribution is 2.18. The zero-order chi connectivity index (χ0) is 16.9. The van der Waals surface area contributed by atoms with Crippen molar-refractivity contribution in [3.63, 3.8) is 0 Å². The normalized spacial score (nSPS) is 22.0. The number of hydrogen-bond acceptors (Lipinski definition) is 3. The molecule has 0 aromatic heterocycles. The smallest absolute Gasteiger partial charge is 0.408 e. The van der Waals surface area contributed by atoms with Gasteiger partial charge in [0, 0.05) is 6.54 Å². The molecule has 2 rings (SSSR count). The molecule has 0 saturated carbocycles. The topological polar surface area (TPSA) is 67.4 Å². The van der Waals surface area contributed by atoms with E-state index in [2.05, 4.69) is 22.8 Å². The second-order valence-electron chi connectivity index (χ2n) is 7.08. The molecule has 23 heavy (non-hydrogen) atoms. The van der Waals surface area contributed by atoms with E-state index in [1.54, 1.807) is 20.8 Å². The Hall–Kier alpha value is -2.04. The number of amides is 2. The minimum atomic E-state index is -0.568. The van der Waals surface area contributed by atoms with Crippen LogP contribution in [-0.2, 0) is 16.0 Å². The molecule has 0 bridgehead atoms. The largest absolute Gasteiger partial charge is 0.444 e. The van der Waals surface area contributed by atoms with Gasteiger partial charge in [-0.25, -0.2) is 4.79 Å². The van der Waals surface area contributed by atoms with Gasteiger partial charge in [0.15, 0.2) is 0 Å². The van der Waals surface area contributed by atoms with Gasteiger partial charge in [0.05, 0.1) is 0 Å². The van der Waals surface area contributed by atoms with Gasteiger partial charge in [0.2, 0.25) is 5.91 Å². The van der Waals surface area contributed by atoms with Crippen molar-refractivity contribution in [1.82, 2.24) is 10.6 Å². The van der Waals surface area contributed by atoms with Gasteiger partial charge >= 0.3 is 6.09 Å². The second kappa shape index (κ2) is 7.49. The molecular weight excluding hydrogens is 292 g/mol. The Balaban J connectivity index is 1.88. The molecule has 5 nitrogen and oxygen atoms in total. The Labute approximate surface area is 137 Å². The fraction of sp³-hybridized carbons (Fsp3) is 0.556. The summed E-state index contributed by atoms with van der Waals surface area (Å²) in [6, 6.07) is 9.73. The van der Waals surface area contributed by atoms with E-state index in [1.807, 2.05) is 18.2 Å². The van der Waals surface area contributed by atoms with Crippen LogP contribution in [0.1, 0.15) is 39.2 Å². The maximum atomic E-state index is 12.1. The molecule has 2 N–H and O–H groups in total. The van der Waals surface area contributed by atoms with E-state index in [4.69, 9.17) is 4.74 Å². The third-order valence-corrected chi connectivity index (χ3v) is 3.80. The van der Waals surface area contributed by atoms with Crippen molar-refractivity contribution in [3.8, 4) is 0 Å². The summed E-state index contributed by atoms with van der Waals surface area (Å²) < 4.78 is 5.22. The van der Waals surface area contributed by atoms with Crippen molar-refractivity contribution in [3.05, 3.63) is 35.9 Å². The summed E-state index contributed by atoms with van der Waals surface area (Å²) in [6.07, 6.45) is 1.90. The predicted molar refractivity (Wildman–Crippen MR) is 89.0 cm³/mol. The van der Waals surface area contributed by atoms with Crippen LogP contribution in [0, 0.1) is 5.92 Å². The van der Waals surface area contributed by atoms with Gasteiger partial charge in [-0.2, -0.15) is 0 Å². The zero-order valence-corrected chi connectivity index (χ0v) is 14.1. The van der Waals surface area contributed by atoms with Gasteiger partial charge < -0.3 is 15.4 Å². The van der Waals surface area contributed by atoms with E-state index in [0.29, 0.717) is 18.9 Å². The summed E-state index contributed by atoms with van der Waals surface area (Å²) in [5, 5.41) is 5.60. The first-order valence-electron chi connectivity index (χ1n) is 8.14. The van der Waals surface area contributed by atoms with E-state index in [0.717, 1.165) is 12.8 Å². The molecule has 1 aromatic carbocycles. The van der Waals surface area contributed by atoms with Gasteiger partial charge in [-0.15, -0.1) is 0 Å². The van der Waals surface area contributed by atoms with Gasteiger partial charge in [-0.3, -0.25) is 4.79 Å². The van der Waals surface area contributed by atoms with Crippen LogP contribution in [0.4, 0.5) is 4.79 Å². The first-order valence-corrected chi connectivity index (χ1v) is 8.14. The van der Waals surface area contributed by atoms with Crippen LogP contribution in [0.15, 0.2) is 30.3 Å². The molecular formula is C18H26N2O3. The molecule has 1 aliphatic heterocycles. The lowest BCUT2D eigenvalue weighted by Crippen LogP contribution is -2.47. The first kappa shape index (κ1) is 17.3. The van der Waals surface area contributed by atoms with Crippen LogP contribution in [0.25, 0.3) is 0 Å². The number of benzene rings is 1. The molecule has 1 unspecified atom stereocenters. The summed E-state index contributed by atoms with van der Waals surface area (Å²) in [5.41, 5.74) is 0.700. The molecule has 1 heterocycles. The molecule has 1 aliphatic rings. The average Bonchev–Trinajstić information content (AvgIpc) is 2.62. The summed E-state index contributed by atoms with van der Waals surface area (Å²) in [6.45, 7) is 6.04. The number of carbonyl (C=O) groups excluding carboxylic acids is 2. The lowest BCUT2D eigenvalue weighted by molar-refractivity contribution is -0.122. The Morgan fingerprint density at radius 3 is 2.61 bits per heavy atom. The molecule has 2 atom stereocenters. The molecule has 2 amide bonds. The Morgan fingerprint density at radius 2 is 1.96 bits per heavy atom. The molecule has 0 radical (unpaired) electrons. The Kier molecular flexibility index (Phi) is 5.64. The highest BCUT2D eigenvalue weighted by Gasteiger charge is 2.28. The number of nitrogens with one attached hydrogen (secondary N) is 2. The lowest BCUT2D eigenvalue weighted by atomic mass is 9.94. The van der Waals surface area contributed by atoms with Crippen LogP contribution >= 0.6 is 0 Å². The highest BCUT2D eigenvalue weighted by molar-refractivity contribution is 5.85. The number of alkyl carbamates (subject to hydrolysis) is 1. The standard InChI is InChI=1S/C18H26N2O3/c1-18(2,3)23-17(22)20-15-10-9-14(12-19-16(15)21)11-13-7-5-4-6-8-13/h4-8,14-15H,9-12H2,1-3H3,(H,19,21)(H,20,22)/t14?,15-/m1/s1. The number of carbonyl (C=O) groups is 2. The maximum absolute atomic E-state index is 12.1. The molecule has 0 aliphatic carbocycles. The molecule has 1 aromatic rings. The molecule has 0 spiro atoms. The monoisotopic (exact) mass is 318 g/mol. The molecule has 1 fully saturated rings. The third kappa shape index (κ3) is 5.93. The Morgan fingerprint density at radius 1 is 1.26 bits per heavy atom. The van der Waals surface area contributed by atoms with Crippen LogP contribution in [0.3, 0.4) is 0 Å². The average molecular weight is 318 g/mol. The van der Waals surface area contributed by atoms with Gasteiger partial charge in [0.1, 0.15) is 11.6 Å². The maximum Gasteiger partial charge on any atom is 0.408 e. The first-order chi connectivity index (χ1) is 10.8. The van der Waals surface area contributed by atoms with E-state index in [-0.39, 0.29) is 5.91 Å². The van der Waals surface area contributed by atoms with Gasteiger partial charge in [-0.05, 0) is 51.5 Å². The lowest BCUT2D eigenvalue weighted by Gasteiger charge is -2.22. The summed E-state index contributed by atoms with van der Waals surface area (Å²) >= 11 is 0. The molecule has 1 saturated heterocycles. The summed E-state index contributed by atoms with van der Waals surface area (Å²) in [5.74, 6) is 0.248. The van der Waals surface area contributed by atoms with E-state index in [1.165, 1.54) is 5.56 Å². The number of hydrogen-bond donors (Lipinski definition) is 2. The van der Waals surface area contributed by atoms with Crippen molar-refractivity contribution >= 4 is 12.0 Å². The second-order valence-corrected chi connectivity index (χ2v) is 7.08. The van der Waals surface area contributed by atoms with Crippen LogP contribution in [-0.4, -0.2) is 30.2 Å². The fourth-order valence-electron chi connectivity index (χ4n) is 2.71. The van der Waals surface area contributed by atoms with E-state index < -0.39 is 17.7 Å². The Bertz CT molecular complexity index is 537. The predicted octanol–water partition coefficient (Wildman–Crippen LogP) is 2.65. The van der Waals surface area contributed by atoms with Crippen molar-refractivity contribution in [2.24, 2.45) is 5.92 Å². The number of rotatable bonds is 3. The molecule has 126 valence electrons. The van der Waals surface area contributed by atoms with E-state index in [9.17, 15) is 9.59 Å². The molecule has 5 heteroatoms. The van der Waals surface area contributed by atoms with Gasteiger partial charge in [0.25, 0.3) is 0 Å². The van der Waals surface area contributed by atoms with Crippen molar-refractivity contribution in [1.29, 1.82) is 0 Å². The van der Waals surface area contributed by atoms with Crippen molar-refractivity contribution in [2.45, 2.75) is 51.7 Å². The SMILES string of the molecule is CC(C)(C)OC(=O)N[C@@H]1CCC(Cc2ccccc2)CNC1=O. The minimum Gasteiger partial charge on any atom is -0.444 e. The minimum absolute atomic E-state index is 0.133.